The first-order chi connectivity index (χ1) is 11.5. The molecule has 0 unspecified atom stereocenters. The van der Waals surface area contributed by atoms with Gasteiger partial charge in [0.1, 0.15) is 22.8 Å². The number of aryl methyl sites for hydroxylation is 2. The van der Waals surface area contributed by atoms with Crippen molar-refractivity contribution in [2.24, 2.45) is 7.05 Å². The highest BCUT2D eigenvalue weighted by Crippen LogP contribution is 2.31. The number of hydrogen-bond acceptors (Lipinski definition) is 4. The van der Waals surface area contributed by atoms with Gasteiger partial charge in [-0.25, -0.2) is 13.8 Å². The molecule has 2 aromatic heterocycles. The molecule has 0 amide bonds. The lowest BCUT2D eigenvalue weighted by Gasteiger charge is -2.31. The molecule has 0 bridgehead atoms. The van der Waals surface area contributed by atoms with E-state index in [2.05, 4.69) is 15.1 Å². The van der Waals surface area contributed by atoms with E-state index in [1.165, 1.54) is 16.9 Å². The third kappa shape index (κ3) is 2.34. The molecule has 1 aliphatic rings. The van der Waals surface area contributed by atoms with Gasteiger partial charge in [0.15, 0.2) is 5.65 Å². The first-order valence-corrected chi connectivity index (χ1v) is 7.66. The zero-order chi connectivity index (χ0) is 16.8. The molecule has 6 nitrogen and oxygen atoms in total. The van der Waals surface area contributed by atoms with Crippen LogP contribution in [0.3, 0.4) is 0 Å². The molecular weight excluding hydrogens is 316 g/mol. The quantitative estimate of drug-likeness (QED) is 0.779. The van der Waals surface area contributed by atoms with E-state index in [4.69, 9.17) is 0 Å². The van der Waals surface area contributed by atoms with Gasteiger partial charge in [0.05, 0.1) is 18.4 Å². The molecular formula is C16H15F2N5O. The molecule has 8 heteroatoms. The normalized spacial score (nSPS) is 14.2. The SMILES string of the molecule is Cn1ncc2c(=O)[nH]c(CN3CCCc4cc(F)cc(F)c43)nc21. The van der Waals surface area contributed by atoms with Gasteiger partial charge in [0.25, 0.3) is 5.56 Å². The van der Waals surface area contributed by atoms with Crippen molar-refractivity contribution in [1.29, 1.82) is 0 Å². The number of H-pyrrole nitrogens is 1. The Bertz CT molecular complexity index is 994. The second kappa shape index (κ2) is 5.40. The molecule has 124 valence electrons. The van der Waals surface area contributed by atoms with E-state index in [-0.39, 0.29) is 12.1 Å². The average Bonchev–Trinajstić information content (AvgIpc) is 2.89. The number of hydrogen-bond donors (Lipinski definition) is 1. The van der Waals surface area contributed by atoms with Gasteiger partial charge < -0.3 is 9.88 Å². The lowest BCUT2D eigenvalue weighted by molar-refractivity contribution is 0.559. The van der Waals surface area contributed by atoms with Crippen LogP contribution in [0.15, 0.2) is 23.1 Å². The number of fused-ring (bicyclic) bond motifs is 2. The van der Waals surface area contributed by atoms with Crippen LogP contribution in [0, 0.1) is 11.6 Å². The Morgan fingerprint density at radius 1 is 1.33 bits per heavy atom. The summed E-state index contributed by atoms with van der Waals surface area (Å²) in [6.45, 7) is 0.856. The highest BCUT2D eigenvalue weighted by atomic mass is 19.1. The maximum atomic E-state index is 14.2. The van der Waals surface area contributed by atoms with Crippen molar-refractivity contribution in [3.63, 3.8) is 0 Å². The van der Waals surface area contributed by atoms with E-state index >= 15 is 0 Å². The van der Waals surface area contributed by atoms with E-state index in [0.717, 1.165) is 12.5 Å². The van der Waals surface area contributed by atoms with Gasteiger partial charge in [-0.05, 0) is 24.5 Å². The molecule has 4 rings (SSSR count). The highest BCUT2D eigenvalue weighted by Gasteiger charge is 2.23. The number of rotatable bonds is 2. The van der Waals surface area contributed by atoms with Crippen LogP contribution in [0.25, 0.3) is 11.0 Å². The predicted octanol–water partition coefficient (Wildman–Crippen LogP) is 1.89. The van der Waals surface area contributed by atoms with Crippen LogP contribution >= 0.6 is 0 Å². The standard InChI is InChI=1S/C16H15F2N5O/c1-22-15-11(7-19-22)16(24)21-13(20-15)8-23-4-2-3-9-5-10(17)6-12(18)14(9)23/h5-7H,2-4,8H2,1H3,(H,20,21,24). The number of halogens is 2. The molecule has 0 spiro atoms. The monoisotopic (exact) mass is 331 g/mol. The average molecular weight is 331 g/mol. The number of nitrogens with one attached hydrogen (secondary N) is 1. The van der Waals surface area contributed by atoms with E-state index in [0.29, 0.717) is 41.1 Å². The van der Waals surface area contributed by atoms with Crippen molar-refractivity contribution in [2.45, 2.75) is 19.4 Å². The van der Waals surface area contributed by atoms with Gasteiger partial charge >= 0.3 is 0 Å². The Hall–Kier alpha value is -2.77. The fraction of sp³-hybridized carbons (Fsp3) is 0.312. The van der Waals surface area contributed by atoms with Crippen LogP contribution < -0.4 is 10.5 Å². The number of nitrogens with zero attached hydrogens (tertiary/aromatic N) is 4. The molecule has 3 aromatic rings. The largest absolute Gasteiger partial charge is 0.361 e. The van der Waals surface area contributed by atoms with Gasteiger partial charge in [-0.1, -0.05) is 0 Å². The topological polar surface area (TPSA) is 66.8 Å². The molecule has 0 saturated carbocycles. The molecule has 1 aliphatic heterocycles. The summed E-state index contributed by atoms with van der Waals surface area (Å²) in [4.78, 5) is 21.0. The maximum absolute atomic E-state index is 14.2. The number of aromatic nitrogens is 4. The fourth-order valence-electron chi connectivity index (χ4n) is 3.23. The van der Waals surface area contributed by atoms with Crippen molar-refractivity contribution in [1.82, 2.24) is 19.7 Å². The van der Waals surface area contributed by atoms with Crippen molar-refractivity contribution < 1.29 is 8.78 Å². The van der Waals surface area contributed by atoms with Gasteiger partial charge in [0.2, 0.25) is 0 Å². The van der Waals surface area contributed by atoms with Crippen LogP contribution in [-0.2, 0) is 20.0 Å². The minimum absolute atomic E-state index is 0.242. The van der Waals surface area contributed by atoms with Crippen LogP contribution in [0.1, 0.15) is 17.8 Å². The van der Waals surface area contributed by atoms with Gasteiger partial charge in [-0.2, -0.15) is 5.10 Å². The van der Waals surface area contributed by atoms with Crippen molar-refractivity contribution >= 4 is 16.7 Å². The lowest BCUT2D eigenvalue weighted by atomic mass is 10.0. The Balaban J connectivity index is 1.75. The summed E-state index contributed by atoms with van der Waals surface area (Å²) in [5, 5.41) is 4.43. The van der Waals surface area contributed by atoms with E-state index < -0.39 is 11.6 Å². The van der Waals surface area contributed by atoms with E-state index in [1.54, 1.807) is 11.9 Å². The molecule has 0 aliphatic carbocycles. The summed E-state index contributed by atoms with van der Waals surface area (Å²) < 4.78 is 29.2. The minimum Gasteiger partial charge on any atom is -0.361 e. The Kier molecular flexibility index (Phi) is 3.33. The molecule has 1 aromatic carbocycles. The van der Waals surface area contributed by atoms with Crippen LogP contribution in [0.4, 0.5) is 14.5 Å². The summed E-state index contributed by atoms with van der Waals surface area (Å²) in [5.74, 6) is -0.739. The molecule has 3 heterocycles. The number of aromatic amines is 1. The van der Waals surface area contributed by atoms with Crippen molar-refractivity contribution in [3.05, 3.63) is 51.7 Å². The van der Waals surface area contributed by atoms with Crippen LogP contribution in [-0.4, -0.2) is 26.3 Å². The van der Waals surface area contributed by atoms with E-state index in [1.807, 2.05) is 0 Å². The maximum Gasteiger partial charge on any atom is 0.262 e. The molecule has 0 atom stereocenters. The van der Waals surface area contributed by atoms with Crippen LogP contribution in [0.2, 0.25) is 0 Å². The zero-order valence-corrected chi connectivity index (χ0v) is 13.0. The minimum atomic E-state index is -0.589. The summed E-state index contributed by atoms with van der Waals surface area (Å²) in [5.41, 5.74) is 1.23. The van der Waals surface area contributed by atoms with Crippen molar-refractivity contribution in [2.75, 3.05) is 11.4 Å². The fourth-order valence-corrected chi connectivity index (χ4v) is 3.23. The summed E-state index contributed by atoms with van der Waals surface area (Å²) in [7, 11) is 1.71. The molecule has 1 N–H and O–H groups in total. The van der Waals surface area contributed by atoms with Crippen molar-refractivity contribution in [3.8, 4) is 0 Å². The number of benzene rings is 1. The Morgan fingerprint density at radius 3 is 3.00 bits per heavy atom. The highest BCUT2D eigenvalue weighted by molar-refractivity contribution is 5.73. The molecule has 0 fully saturated rings. The third-order valence-corrected chi connectivity index (χ3v) is 4.29. The number of anilines is 1. The summed E-state index contributed by atoms with van der Waals surface area (Å²) in [6.07, 6.45) is 2.88. The predicted molar refractivity (Wildman–Crippen MR) is 84.9 cm³/mol. The smallest absolute Gasteiger partial charge is 0.262 e. The Morgan fingerprint density at radius 2 is 2.17 bits per heavy atom. The molecule has 24 heavy (non-hydrogen) atoms. The van der Waals surface area contributed by atoms with Gasteiger partial charge in [-0.15, -0.1) is 0 Å². The Labute approximate surface area is 135 Å². The second-order valence-corrected chi connectivity index (χ2v) is 5.94. The first kappa shape index (κ1) is 14.8. The van der Waals surface area contributed by atoms with Crippen LogP contribution in [0.5, 0.6) is 0 Å². The van der Waals surface area contributed by atoms with Gasteiger partial charge in [-0.3, -0.25) is 9.48 Å². The summed E-state index contributed by atoms with van der Waals surface area (Å²) >= 11 is 0. The second-order valence-electron chi connectivity index (χ2n) is 5.94. The summed E-state index contributed by atoms with van der Waals surface area (Å²) in [6, 6.07) is 2.25. The molecule has 0 saturated heterocycles. The lowest BCUT2D eigenvalue weighted by Crippen LogP contribution is -2.31. The first-order valence-electron chi connectivity index (χ1n) is 7.66. The van der Waals surface area contributed by atoms with E-state index in [9.17, 15) is 13.6 Å². The third-order valence-electron chi connectivity index (χ3n) is 4.29. The zero-order valence-electron chi connectivity index (χ0n) is 13.0. The molecule has 0 radical (unpaired) electrons. The van der Waals surface area contributed by atoms with Gasteiger partial charge in [0, 0.05) is 19.7 Å².